The molecule has 1 aromatic heterocycles. The highest BCUT2D eigenvalue weighted by molar-refractivity contribution is 7.99. The molecule has 39 heavy (non-hydrogen) atoms. The zero-order valence-corrected chi connectivity index (χ0v) is 22.9. The summed E-state index contributed by atoms with van der Waals surface area (Å²) >= 11 is 1.55. The Bertz CT molecular complexity index is 1240. The van der Waals surface area contributed by atoms with Crippen molar-refractivity contribution in [2.45, 2.75) is 49.6 Å². The van der Waals surface area contributed by atoms with Gasteiger partial charge in [0, 0.05) is 41.7 Å². The van der Waals surface area contributed by atoms with Crippen LogP contribution in [0.1, 0.15) is 43.2 Å². The van der Waals surface area contributed by atoms with Crippen LogP contribution in [0, 0.1) is 11.8 Å². The average Bonchev–Trinajstić information content (AvgIpc) is 2.92. The molecule has 3 aromatic rings. The van der Waals surface area contributed by atoms with Crippen molar-refractivity contribution < 1.29 is 27.8 Å². The maximum absolute atomic E-state index is 12.8. The first-order valence-electron chi connectivity index (χ1n) is 13.4. The summed E-state index contributed by atoms with van der Waals surface area (Å²) in [7, 11) is 1.66. The first kappa shape index (κ1) is 29.2. The number of hydrogen-bond acceptors (Lipinski definition) is 5. The number of pyridine rings is 1. The van der Waals surface area contributed by atoms with Gasteiger partial charge in [-0.05, 0) is 105 Å². The Morgan fingerprint density at radius 2 is 1.92 bits per heavy atom. The number of aromatic nitrogens is 1. The molecule has 0 spiro atoms. The van der Waals surface area contributed by atoms with Crippen molar-refractivity contribution in [1.82, 2.24) is 9.88 Å². The molecule has 1 saturated heterocycles. The van der Waals surface area contributed by atoms with E-state index in [0.717, 1.165) is 84.8 Å². The summed E-state index contributed by atoms with van der Waals surface area (Å²) in [6.07, 6.45) is 2.39. The molecular formula is C30H35F3N2O3S. The summed E-state index contributed by atoms with van der Waals surface area (Å²) in [6.45, 7) is 2.64. The third-order valence-electron chi connectivity index (χ3n) is 7.62. The molecule has 0 saturated carbocycles. The van der Waals surface area contributed by atoms with Crippen LogP contribution >= 0.6 is 11.8 Å². The minimum Gasteiger partial charge on any atom is -0.497 e. The third-order valence-corrected chi connectivity index (χ3v) is 8.61. The van der Waals surface area contributed by atoms with Gasteiger partial charge in [-0.15, -0.1) is 11.8 Å². The standard InChI is InChI=1S/C30H35F3N2O3S/c1-38-25-8-11-28-27(19-25)22(13-15-34-28)4-2-3-21-14-16-35(20-23(21)5-12-29(36)37)17-18-39-26-9-6-24(7-10-26)30(31,32)33/h6-11,13,15,19,21,23H,2-5,12,14,16-18,20H2,1H3,(H,36,37)/t21-,23+/m1/s1. The Balaban J connectivity index is 1.29. The summed E-state index contributed by atoms with van der Waals surface area (Å²) in [4.78, 5) is 19.0. The number of carbonyl (C=O) groups is 1. The predicted molar refractivity (Wildman–Crippen MR) is 148 cm³/mol. The fraction of sp³-hybridized carbons (Fsp3) is 0.467. The number of carboxylic acids is 1. The van der Waals surface area contributed by atoms with Gasteiger partial charge in [-0.3, -0.25) is 9.78 Å². The number of benzene rings is 2. The number of fused-ring (bicyclic) bond motifs is 1. The van der Waals surface area contributed by atoms with E-state index in [1.807, 2.05) is 24.4 Å². The molecule has 2 heterocycles. The van der Waals surface area contributed by atoms with Crippen molar-refractivity contribution >= 4 is 28.6 Å². The van der Waals surface area contributed by atoms with Crippen LogP contribution in [0.15, 0.2) is 59.6 Å². The van der Waals surface area contributed by atoms with Crippen LogP contribution in [0.25, 0.3) is 10.9 Å². The van der Waals surface area contributed by atoms with Gasteiger partial charge in [-0.25, -0.2) is 0 Å². The first-order valence-corrected chi connectivity index (χ1v) is 14.4. The fourth-order valence-electron chi connectivity index (χ4n) is 5.49. The van der Waals surface area contributed by atoms with Crippen molar-refractivity contribution in [3.63, 3.8) is 0 Å². The second kappa shape index (κ2) is 13.5. The zero-order chi connectivity index (χ0) is 27.8. The third kappa shape index (κ3) is 8.35. The van der Waals surface area contributed by atoms with Crippen molar-refractivity contribution in [2.24, 2.45) is 11.8 Å². The number of nitrogens with zero attached hydrogens (tertiary/aromatic N) is 2. The van der Waals surface area contributed by atoms with Crippen molar-refractivity contribution in [3.8, 4) is 5.75 Å². The molecule has 1 fully saturated rings. The maximum atomic E-state index is 12.8. The molecule has 1 N–H and O–H groups in total. The second-order valence-electron chi connectivity index (χ2n) is 10.2. The number of likely N-dealkylation sites (tertiary alicyclic amines) is 1. The predicted octanol–water partition coefficient (Wildman–Crippen LogP) is 7.18. The van der Waals surface area contributed by atoms with Crippen LogP contribution < -0.4 is 4.74 Å². The molecule has 5 nitrogen and oxygen atoms in total. The Morgan fingerprint density at radius 3 is 2.64 bits per heavy atom. The van der Waals surface area contributed by atoms with E-state index in [1.54, 1.807) is 18.9 Å². The highest BCUT2D eigenvalue weighted by Gasteiger charge is 2.30. The lowest BCUT2D eigenvalue weighted by Gasteiger charge is -2.39. The van der Waals surface area contributed by atoms with Gasteiger partial charge in [0.05, 0.1) is 18.2 Å². The van der Waals surface area contributed by atoms with E-state index >= 15 is 0 Å². The van der Waals surface area contributed by atoms with Crippen LogP contribution in [0.2, 0.25) is 0 Å². The van der Waals surface area contributed by atoms with Crippen LogP contribution in [-0.2, 0) is 17.4 Å². The van der Waals surface area contributed by atoms with E-state index in [9.17, 15) is 23.1 Å². The Labute approximate surface area is 231 Å². The quantitative estimate of drug-likeness (QED) is 0.237. The van der Waals surface area contributed by atoms with Crippen LogP contribution in [0.4, 0.5) is 13.2 Å². The monoisotopic (exact) mass is 560 g/mol. The minimum absolute atomic E-state index is 0.171. The van der Waals surface area contributed by atoms with Crippen molar-refractivity contribution in [1.29, 1.82) is 0 Å². The first-order chi connectivity index (χ1) is 18.7. The van der Waals surface area contributed by atoms with Crippen molar-refractivity contribution in [2.75, 3.05) is 32.5 Å². The number of rotatable bonds is 12. The van der Waals surface area contributed by atoms with Gasteiger partial charge in [0.15, 0.2) is 0 Å². The lowest BCUT2D eigenvalue weighted by Crippen LogP contribution is -2.41. The number of aryl methyl sites for hydroxylation is 1. The van der Waals surface area contributed by atoms with Crippen LogP contribution in [0.5, 0.6) is 5.75 Å². The van der Waals surface area contributed by atoms with Crippen molar-refractivity contribution in [3.05, 3.63) is 65.9 Å². The minimum atomic E-state index is -4.32. The van der Waals surface area contributed by atoms with Crippen LogP contribution in [-0.4, -0.2) is 53.5 Å². The van der Waals surface area contributed by atoms with E-state index in [-0.39, 0.29) is 6.42 Å². The van der Waals surface area contributed by atoms with Gasteiger partial charge < -0.3 is 14.7 Å². The molecule has 9 heteroatoms. The van der Waals surface area contributed by atoms with Gasteiger partial charge in [-0.1, -0.05) is 0 Å². The molecule has 2 atom stereocenters. The maximum Gasteiger partial charge on any atom is 0.416 e. The largest absolute Gasteiger partial charge is 0.497 e. The molecule has 0 aliphatic carbocycles. The number of thioether (sulfide) groups is 1. The van der Waals surface area contributed by atoms with E-state index < -0.39 is 17.7 Å². The summed E-state index contributed by atoms with van der Waals surface area (Å²) in [5.74, 6) is 1.63. The Morgan fingerprint density at radius 1 is 1.13 bits per heavy atom. The number of ether oxygens (including phenoxy) is 1. The number of hydrogen-bond donors (Lipinski definition) is 1. The number of alkyl halides is 3. The molecule has 0 radical (unpaired) electrons. The molecule has 2 aromatic carbocycles. The zero-order valence-electron chi connectivity index (χ0n) is 22.1. The average molecular weight is 561 g/mol. The molecular weight excluding hydrogens is 525 g/mol. The summed E-state index contributed by atoms with van der Waals surface area (Å²) in [6, 6.07) is 13.3. The molecule has 1 aliphatic rings. The van der Waals surface area contributed by atoms with E-state index in [0.29, 0.717) is 18.3 Å². The highest BCUT2D eigenvalue weighted by atomic mass is 32.2. The Hall–Kier alpha value is -2.78. The van der Waals surface area contributed by atoms with Crippen LogP contribution in [0.3, 0.4) is 0 Å². The summed E-state index contributed by atoms with van der Waals surface area (Å²) in [5.41, 5.74) is 1.57. The number of aliphatic carboxylic acids is 1. The molecule has 0 bridgehead atoms. The molecule has 4 rings (SSSR count). The lowest BCUT2D eigenvalue weighted by molar-refractivity contribution is -0.138. The number of piperidine rings is 1. The van der Waals surface area contributed by atoms with Gasteiger partial charge in [0.2, 0.25) is 0 Å². The summed E-state index contributed by atoms with van der Waals surface area (Å²) in [5, 5.41) is 10.4. The second-order valence-corrected chi connectivity index (χ2v) is 11.3. The molecule has 0 amide bonds. The van der Waals surface area contributed by atoms with E-state index in [1.165, 1.54) is 17.7 Å². The molecule has 0 unspecified atom stereocenters. The smallest absolute Gasteiger partial charge is 0.416 e. The lowest BCUT2D eigenvalue weighted by atomic mass is 9.79. The summed E-state index contributed by atoms with van der Waals surface area (Å²) < 4.78 is 43.8. The topological polar surface area (TPSA) is 62.7 Å². The van der Waals surface area contributed by atoms with Gasteiger partial charge in [0.25, 0.3) is 0 Å². The normalized spacial score (nSPS) is 18.4. The molecule has 210 valence electrons. The molecule has 1 aliphatic heterocycles. The number of methoxy groups -OCH3 is 1. The highest BCUT2D eigenvalue weighted by Crippen LogP contribution is 2.34. The number of carboxylic acid groups (broad SMARTS) is 1. The van der Waals surface area contributed by atoms with E-state index in [4.69, 9.17) is 4.74 Å². The van der Waals surface area contributed by atoms with Gasteiger partial charge in [-0.2, -0.15) is 13.2 Å². The van der Waals surface area contributed by atoms with Gasteiger partial charge in [0.1, 0.15) is 5.75 Å². The van der Waals surface area contributed by atoms with Gasteiger partial charge >= 0.3 is 12.1 Å². The SMILES string of the molecule is COc1ccc2nccc(CCC[C@@H]3CCN(CCSc4ccc(C(F)(F)F)cc4)C[C@@H]3CCC(=O)O)c2c1. The number of halogens is 3. The fourth-order valence-corrected chi connectivity index (χ4v) is 6.40. The van der Waals surface area contributed by atoms with E-state index in [2.05, 4.69) is 16.0 Å². The Kier molecular flexibility index (Phi) is 10.1.